The number of aryl methyl sites for hydroxylation is 2. The monoisotopic (exact) mass is 450 g/mol. The predicted molar refractivity (Wildman–Crippen MR) is 129 cm³/mol. The summed E-state index contributed by atoms with van der Waals surface area (Å²) in [7, 11) is -3.85. The minimum absolute atomic E-state index is 0.0561. The molecule has 6 nitrogen and oxygen atoms in total. The van der Waals surface area contributed by atoms with Gasteiger partial charge in [0.15, 0.2) is 5.65 Å². The normalized spacial score (nSPS) is 12.1. The van der Waals surface area contributed by atoms with Gasteiger partial charge >= 0.3 is 0 Å². The molecule has 0 amide bonds. The van der Waals surface area contributed by atoms with Gasteiger partial charge in [-0.1, -0.05) is 68.9 Å². The molecular weight excluding hydrogens is 420 g/mol. The number of nitrogen functional groups attached to an aromatic ring is 1. The van der Waals surface area contributed by atoms with Gasteiger partial charge in [-0.25, -0.2) is 18.4 Å². The van der Waals surface area contributed by atoms with Crippen LogP contribution in [0.1, 0.15) is 51.0 Å². The number of unbranched alkanes of at least 4 members (excludes halogenated alkanes) is 5. The number of para-hydroxylation sites is 2. The molecule has 168 valence electrons. The second-order valence-corrected chi connectivity index (χ2v) is 10.2. The first-order valence-electron chi connectivity index (χ1n) is 11.3. The molecular formula is C25H30N4O2S. The van der Waals surface area contributed by atoms with E-state index in [1.165, 1.54) is 19.3 Å². The van der Waals surface area contributed by atoms with Gasteiger partial charge in [-0.3, -0.25) is 0 Å². The maximum Gasteiger partial charge on any atom is 0.212 e. The summed E-state index contributed by atoms with van der Waals surface area (Å²) in [5.74, 6) is 0.212. The Labute approximate surface area is 189 Å². The van der Waals surface area contributed by atoms with Crippen LogP contribution in [0.5, 0.6) is 0 Å². The molecule has 0 saturated heterocycles. The van der Waals surface area contributed by atoms with Gasteiger partial charge in [-0.2, -0.15) is 0 Å². The van der Waals surface area contributed by atoms with E-state index in [1.54, 1.807) is 24.3 Å². The zero-order valence-corrected chi connectivity index (χ0v) is 19.5. The summed E-state index contributed by atoms with van der Waals surface area (Å²) in [6, 6.07) is 14.3. The first kappa shape index (κ1) is 22.3. The van der Waals surface area contributed by atoms with Crippen LogP contribution < -0.4 is 5.73 Å². The Morgan fingerprint density at radius 2 is 1.50 bits per heavy atom. The number of hydrogen-bond acceptors (Lipinski definition) is 5. The average molecular weight is 451 g/mol. The van der Waals surface area contributed by atoms with Crippen molar-refractivity contribution in [1.29, 1.82) is 0 Å². The smallest absolute Gasteiger partial charge is 0.212 e. The third kappa shape index (κ3) is 4.21. The molecule has 32 heavy (non-hydrogen) atoms. The van der Waals surface area contributed by atoms with E-state index in [0.717, 1.165) is 30.3 Å². The fourth-order valence-corrected chi connectivity index (χ4v) is 5.57. The molecule has 4 rings (SSSR count). The van der Waals surface area contributed by atoms with Crippen molar-refractivity contribution in [2.45, 2.75) is 68.7 Å². The van der Waals surface area contributed by atoms with Crippen molar-refractivity contribution in [3.05, 3.63) is 54.1 Å². The van der Waals surface area contributed by atoms with E-state index in [-0.39, 0.29) is 15.6 Å². The summed E-state index contributed by atoms with van der Waals surface area (Å²) in [5.41, 5.74) is 9.73. The maximum absolute atomic E-state index is 13.6. The van der Waals surface area contributed by atoms with Crippen LogP contribution in [0.3, 0.4) is 0 Å². The van der Waals surface area contributed by atoms with E-state index in [2.05, 4.69) is 6.92 Å². The summed E-state index contributed by atoms with van der Waals surface area (Å²) in [6.45, 7) is 4.74. The van der Waals surface area contributed by atoms with Crippen molar-refractivity contribution < 1.29 is 8.42 Å². The van der Waals surface area contributed by atoms with E-state index in [0.29, 0.717) is 23.2 Å². The Morgan fingerprint density at radius 3 is 2.19 bits per heavy atom. The molecule has 0 radical (unpaired) electrons. The molecule has 4 aromatic rings. The lowest BCUT2D eigenvalue weighted by molar-refractivity contribution is 0.565. The number of nitrogens with two attached hydrogens (primary N) is 1. The van der Waals surface area contributed by atoms with E-state index in [4.69, 9.17) is 15.7 Å². The van der Waals surface area contributed by atoms with E-state index in [9.17, 15) is 8.42 Å². The van der Waals surface area contributed by atoms with Gasteiger partial charge in [-0.15, -0.1) is 0 Å². The minimum atomic E-state index is -3.85. The number of anilines is 1. The molecule has 2 heterocycles. The molecule has 7 heteroatoms. The largest absolute Gasteiger partial charge is 0.384 e. The standard InChI is InChI=1S/C25H30N4O2S/c1-3-4-5-6-7-10-17-29-24(26)23(32(30,31)19-15-13-18(2)14-16-19)22-25(29)28-21-12-9-8-11-20(21)27-22/h8-9,11-16H,3-7,10,17,26H2,1-2H3. The van der Waals surface area contributed by atoms with Crippen molar-refractivity contribution in [1.82, 2.24) is 14.5 Å². The third-order valence-corrected chi connectivity index (χ3v) is 7.71. The summed E-state index contributed by atoms with van der Waals surface area (Å²) >= 11 is 0. The minimum Gasteiger partial charge on any atom is -0.384 e. The maximum atomic E-state index is 13.6. The van der Waals surface area contributed by atoms with Gasteiger partial charge in [0.05, 0.1) is 15.9 Å². The van der Waals surface area contributed by atoms with Gasteiger partial charge in [0.1, 0.15) is 16.2 Å². The van der Waals surface area contributed by atoms with Gasteiger partial charge in [0.25, 0.3) is 0 Å². The number of aromatic nitrogens is 3. The van der Waals surface area contributed by atoms with Crippen molar-refractivity contribution in [2.24, 2.45) is 0 Å². The quantitative estimate of drug-likeness (QED) is 0.332. The van der Waals surface area contributed by atoms with Crippen LogP contribution in [-0.2, 0) is 16.4 Å². The van der Waals surface area contributed by atoms with Crippen LogP contribution in [0, 0.1) is 6.92 Å². The Morgan fingerprint density at radius 1 is 0.875 bits per heavy atom. The molecule has 0 spiro atoms. The number of fused-ring (bicyclic) bond motifs is 2. The zero-order valence-electron chi connectivity index (χ0n) is 18.7. The Kier molecular flexibility index (Phi) is 6.46. The van der Waals surface area contributed by atoms with Crippen molar-refractivity contribution in [3.63, 3.8) is 0 Å². The fourth-order valence-electron chi connectivity index (χ4n) is 4.07. The van der Waals surface area contributed by atoms with Crippen LogP contribution in [-0.4, -0.2) is 23.0 Å². The second-order valence-electron chi connectivity index (χ2n) is 8.33. The highest BCUT2D eigenvalue weighted by Gasteiger charge is 2.30. The van der Waals surface area contributed by atoms with Crippen molar-refractivity contribution in [2.75, 3.05) is 5.73 Å². The molecule has 2 aromatic carbocycles. The summed E-state index contributed by atoms with van der Waals surface area (Å²) in [4.78, 5) is 9.73. The molecule has 0 aliphatic rings. The molecule has 2 aromatic heterocycles. The van der Waals surface area contributed by atoms with Crippen LogP contribution >= 0.6 is 0 Å². The Hall–Kier alpha value is -2.93. The van der Waals surface area contributed by atoms with Crippen molar-refractivity contribution in [3.8, 4) is 0 Å². The van der Waals surface area contributed by atoms with Gasteiger partial charge in [0.2, 0.25) is 9.84 Å². The predicted octanol–water partition coefficient (Wildman–Crippen LogP) is 5.67. The van der Waals surface area contributed by atoms with Crippen LogP contribution in [0.2, 0.25) is 0 Å². The van der Waals surface area contributed by atoms with Crippen LogP contribution in [0.15, 0.2) is 58.3 Å². The molecule has 0 unspecified atom stereocenters. The van der Waals surface area contributed by atoms with Gasteiger partial charge in [0, 0.05) is 6.54 Å². The van der Waals surface area contributed by atoms with E-state index >= 15 is 0 Å². The molecule has 0 fully saturated rings. The molecule has 0 atom stereocenters. The van der Waals surface area contributed by atoms with E-state index < -0.39 is 9.84 Å². The SMILES string of the molecule is CCCCCCCCn1c(N)c(S(=O)(=O)c2ccc(C)cc2)c2nc3ccccc3nc21. The molecule has 0 bridgehead atoms. The molecule has 0 aliphatic carbocycles. The van der Waals surface area contributed by atoms with Gasteiger partial charge < -0.3 is 10.3 Å². The molecule has 2 N–H and O–H groups in total. The Bertz CT molecular complexity index is 1340. The van der Waals surface area contributed by atoms with Crippen LogP contribution in [0.25, 0.3) is 22.2 Å². The first-order valence-corrected chi connectivity index (χ1v) is 12.8. The zero-order chi connectivity index (χ0) is 22.7. The topological polar surface area (TPSA) is 90.9 Å². The number of rotatable bonds is 9. The van der Waals surface area contributed by atoms with Crippen molar-refractivity contribution >= 4 is 37.9 Å². The second kappa shape index (κ2) is 9.28. The summed E-state index contributed by atoms with van der Waals surface area (Å²) < 4.78 is 29.1. The lowest BCUT2D eigenvalue weighted by Crippen LogP contribution is -2.08. The molecule has 0 saturated carbocycles. The Balaban J connectivity index is 1.82. The summed E-state index contributed by atoms with van der Waals surface area (Å²) in [6.07, 6.45) is 6.81. The number of sulfone groups is 1. The highest BCUT2D eigenvalue weighted by Crippen LogP contribution is 2.35. The lowest BCUT2D eigenvalue weighted by atomic mass is 10.1. The van der Waals surface area contributed by atoms with Gasteiger partial charge in [-0.05, 0) is 37.6 Å². The number of hydrogen-bond donors (Lipinski definition) is 1. The number of benzene rings is 2. The summed E-state index contributed by atoms with van der Waals surface area (Å²) in [5, 5.41) is 0. The van der Waals surface area contributed by atoms with Crippen LogP contribution in [0.4, 0.5) is 5.82 Å². The lowest BCUT2D eigenvalue weighted by Gasteiger charge is -2.08. The number of nitrogens with zero attached hydrogens (tertiary/aromatic N) is 3. The highest BCUT2D eigenvalue weighted by molar-refractivity contribution is 7.92. The fraction of sp³-hybridized carbons (Fsp3) is 0.360. The highest BCUT2D eigenvalue weighted by atomic mass is 32.2. The average Bonchev–Trinajstić information content (AvgIpc) is 3.05. The third-order valence-electron chi connectivity index (χ3n) is 5.88. The molecule has 0 aliphatic heterocycles. The van der Waals surface area contributed by atoms with E-state index in [1.807, 2.05) is 35.8 Å². The first-order chi connectivity index (χ1) is 15.4.